The molecule has 0 bridgehead atoms. The predicted octanol–water partition coefficient (Wildman–Crippen LogP) is 4.36. The molecule has 1 fully saturated rings. The number of rotatable bonds is 8. The van der Waals surface area contributed by atoms with Crippen LogP contribution in [0.4, 0.5) is 5.82 Å². The molecule has 0 atom stereocenters. The van der Waals surface area contributed by atoms with Crippen LogP contribution in [-0.2, 0) is 6.61 Å². The van der Waals surface area contributed by atoms with Crippen LogP contribution in [0.3, 0.4) is 0 Å². The van der Waals surface area contributed by atoms with Gasteiger partial charge in [0.1, 0.15) is 18.2 Å². The molecule has 2 aromatic carbocycles. The third-order valence-corrected chi connectivity index (χ3v) is 5.81. The average Bonchev–Trinajstić information content (AvgIpc) is 2.85. The van der Waals surface area contributed by atoms with E-state index in [1.807, 2.05) is 73.8 Å². The van der Waals surface area contributed by atoms with Crippen LogP contribution in [0, 0.1) is 6.92 Å². The summed E-state index contributed by atoms with van der Waals surface area (Å²) in [4.78, 5) is 9.17. The van der Waals surface area contributed by atoms with Gasteiger partial charge in [0.15, 0.2) is 0 Å². The van der Waals surface area contributed by atoms with E-state index >= 15 is 0 Å². The number of ether oxygens (including phenoxy) is 1. The van der Waals surface area contributed by atoms with Crippen LogP contribution < -0.4 is 9.64 Å². The van der Waals surface area contributed by atoms with Crippen LogP contribution in [-0.4, -0.2) is 53.5 Å². The largest absolute Gasteiger partial charge is 0.488 e. The Morgan fingerprint density at radius 3 is 2.50 bits per heavy atom. The first-order valence-corrected chi connectivity index (χ1v) is 11.1. The summed E-state index contributed by atoms with van der Waals surface area (Å²) in [5, 5.41) is 13.4. The summed E-state index contributed by atoms with van der Waals surface area (Å²) in [5.74, 6) is 1.77. The molecule has 3 aromatic rings. The van der Waals surface area contributed by atoms with Gasteiger partial charge in [-0.25, -0.2) is 4.98 Å². The van der Waals surface area contributed by atoms with Crippen molar-refractivity contribution in [2.24, 2.45) is 5.16 Å². The molecule has 0 amide bonds. The van der Waals surface area contributed by atoms with E-state index < -0.39 is 0 Å². The van der Waals surface area contributed by atoms with Gasteiger partial charge in [0.2, 0.25) is 0 Å². The zero-order chi connectivity index (χ0) is 22.2. The predicted molar refractivity (Wildman–Crippen MR) is 128 cm³/mol. The van der Waals surface area contributed by atoms with Crippen LogP contribution in [0.5, 0.6) is 5.75 Å². The van der Waals surface area contributed by atoms with Crippen LogP contribution in [0.25, 0.3) is 0 Å². The number of aromatic nitrogens is 1. The molecule has 166 valence electrons. The van der Waals surface area contributed by atoms with Crippen LogP contribution >= 0.6 is 0 Å². The smallest absolute Gasteiger partial charge is 0.129 e. The van der Waals surface area contributed by atoms with Crippen molar-refractivity contribution in [3.63, 3.8) is 0 Å². The monoisotopic (exact) mass is 430 g/mol. The Kier molecular flexibility index (Phi) is 7.35. The molecular weight excluding hydrogens is 400 g/mol. The van der Waals surface area contributed by atoms with Crippen molar-refractivity contribution < 1.29 is 9.94 Å². The summed E-state index contributed by atoms with van der Waals surface area (Å²) in [6, 6.07) is 22.1. The number of nitrogens with zero attached hydrogens (tertiary/aromatic N) is 4. The third kappa shape index (κ3) is 5.65. The average molecular weight is 431 g/mol. The number of oxime groups is 1. The topological polar surface area (TPSA) is 61.2 Å². The summed E-state index contributed by atoms with van der Waals surface area (Å²) < 4.78 is 6.10. The Morgan fingerprint density at radius 2 is 1.78 bits per heavy atom. The van der Waals surface area contributed by atoms with Gasteiger partial charge in [-0.3, -0.25) is 4.90 Å². The lowest BCUT2D eigenvalue weighted by Gasteiger charge is -2.35. The number of piperazine rings is 1. The number of benzene rings is 2. The first-order chi connectivity index (χ1) is 15.7. The molecule has 0 radical (unpaired) electrons. The summed E-state index contributed by atoms with van der Waals surface area (Å²) in [6.45, 7) is 7.15. The molecule has 32 heavy (non-hydrogen) atoms. The lowest BCUT2D eigenvalue weighted by molar-refractivity contribution is 0.261. The van der Waals surface area contributed by atoms with Gasteiger partial charge in [0.05, 0.1) is 5.71 Å². The Hall–Kier alpha value is -3.38. The fourth-order valence-electron chi connectivity index (χ4n) is 3.97. The highest BCUT2D eigenvalue weighted by Gasteiger charge is 2.19. The standard InChI is InChI=1S/C26H30N4O2/c1-21-10-11-25(32-20-22-7-3-2-4-8-22)23(19-21)24(28-31)12-14-29-15-17-30(18-16-29)26-9-5-6-13-27-26/h2-11,13,19,31H,12,14-18,20H2,1H3/b28-24+. The molecule has 1 aliphatic rings. The van der Waals surface area contributed by atoms with E-state index in [0.717, 1.165) is 61.0 Å². The second-order valence-corrected chi connectivity index (χ2v) is 8.09. The summed E-state index contributed by atoms with van der Waals surface area (Å²) >= 11 is 0. The van der Waals surface area contributed by atoms with Gasteiger partial charge in [-0.15, -0.1) is 0 Å². The SMILES string of the molecule is Cc1ccc(OCc2ccccc2)c(/C(CCN2CCN(c3ccccn3)CC2)=N/O)c1. The minimum absolute atomic E-state index is 0.477. The minimum atomic E-state index is 0.477. The first-order valence-electron chi connectivity index (χ1n) is 11.1. The number of hydrogen-bond acceptors (Lipinski definition) is 6. The third-order valence-electron chi connectivity index (χ3n) is 5.81. The van der Waals surface area contributed by atoms with Crippen molar-refractivity contribution in [2.45, 2.75) is 20.0 Å². The molecule has 6 heteroatoms. The molecule has 1 aliphatic heterocycles. The van der Waals surface area contributed by atoms with Gasteiger partial charge >= 0.3 is 0 Å². The maximum atomic E-state index is 9.80. The molecule has 4 rings (SSSR count). The zero-order valence-corrected chi connectivity index (χ0v) is 18.5. The van der Waals surface area contributed by atoms with Gasteiger partial charge in [-0.05, 0) is 36.8 Å². The number of aryl methyl sites for hydroxylation is 1. The molecule has 2 heterocycles. The second kappa shape index (κ2) is 10.8. The number of hydrogen-bond donors (Lipinski definition) is 1. The second-order valence-electron chi connectivity index (χ2n) is 8.09. The van der Waals surface area contributed by atoms with Crippen LogP contribution in [0.15, 0.2) is 78.1 Å². The molecule has 0 unspecified atom stereocenters. The van der Waals surface area contributed by atoms with Gasteiger partial charge in [0, 0.05) is 50.9 Å². The van der Waals surface area contributed by atoms with E-state index in [1.54, 1.807) is 0 Å². The highest BCUT2D eigenvalue weighted by molar-refractivity contribution is 6.02. The summed E-state index contributed by atoms with van der Waals surface area (Å²) in [7, 11) is 0. The molecular formula is C26H30N4O2. The Morgan fingerprint density at radius 1 is 1.00 bits per heavy atom. The van der Waals surface area contributed by atoms with Crippen molar-refractivity contribution in [2.75, 3.05) is 37.6 Å². The maximum Gasteiger partial charge on any atom is 0.129 e. The van der Waals surface area contributed by atoms with Crippen molar-refractivity contribution in [1.82, 2.24) is 9.88 Å². The van der Waals surface area contributed by atoms with Crippen molar-refractivity contribution in [3.05, 3.63) is 89.6 Å². The highest BCUT2D eigenvalue weighted by atomic mass is 16.5. The van der Waals surface area contributed by atoms with Crippen molar-refractivity contribution >= 4 is 11.5 Å². The molecule has 1 aromatic heterocycles. The Balaban J connectivity index is 1.36. The molecule has 0 saturated carbocycles. The molecule has 0 aliphatic carbocycles. The van der Waals surface area contributed by atoms with Crippen LogP contribution in [0.2, 0.25) is 0 Å². The van der Waals surface area contributed by atoms with E-state index in [0.29, 0.717) is 18.7 Å². The highest BCUT2D eigenvalue weighted by Crippen LogP contribution is 2.24. The fourth-order valence-corrected chi connectivity index (χ4v) is 3.97. The lowest BCUT2D eigenvalue weighted by Crippen LogP contribution is -2.47. The molecule has 1 N–H and O–H groups in total. The Bertz CT molecular complexity index is 1020. The van der Waals surface area contributed by atoms with Crippen molar-refractivity contribution in [3.8, 4) is 5.75 Å². The molecule has 6 nitrogen and oxygen atoms in total. The maximum absolute atomic E-state index is 9.80. The van der Waals surface area contributed by atoms with E-state index in [-0.39, 0.29) is 0 Å². The van der Waals surface area contributed by atoms with Gasteiger partial charge < -0.3 is 14.8 Å². The van der Waals surface area contributed by atoms with Gasteiger partial charge in [-0.1, -0.05) is 53.2 Å². The van der Waals surface area contributed by atoms with Crippen molar-refractivity contribution in [1.29, 1.82) is 0 Å². The molecule has 1 saturated heterocycles. The quantitative estimate of drug-likeness (QED) is 0.327. The Labute approximate surface area is 189 Å². The molecule has 0 spiro atoms. The van der Waals surface area contributed by atoms with E-state index in [4.69, 9.17) is 4.74 Å². The zero-order valence-electron chi connectivity index (χ0n) is 18.5. The lowest BCUT2D eigenvalue weighted by atomic mass is 10.0. The van der Waals surface area contributed by atoms with E-state index in [1.165, 1.54) is 0 Å². The minimum Gasteiger partial charge on any atom is -0.488 e. The number of anilines is 1. The van der Waals surface area contributed by atoms with Gasteiger partial charge in [0.25, 0.3) is 0 Å². The summed E-state index contributed by atoms with van der Waals surface area (Å²) in [6.07, 6.45) is 2.50. The van der Waals surface area contributed by atoms with E-state index in [2.05, 4.69) is 26.0 Å². The van der Waals surface area contributed by atoms with E-state index in [9.17, 15) is 5.21 Å². The fraction of sp³-hybridized carbons (Fsp3) is 0.308. The van der Waals surface area contributed by atoms with Crippen LogP contribution in [0.1, 0.15) is 23.1 Å². The summed E-state index contributed by atoms with van der Waals surface area (Å²) in [5.41, 5.74) is 3.73. The first kappa shape index (κ1) is 21.8. The normalized spacial score (nSPS) is 15.0. The number of pyridine rings is 1. The van der Waals surface area contributed by atoms with Gasteiger partial charge in [-0.2, -0.15) is 0 Å².